The van der Waals surface area contributed by atoms with E-state index in [4.69, 9.17) is 16.3 Å². The standard InChI is InChI=1S/C24H21BrClN5O3/c1-31-10-9-27-22(31)14-3-5-15(6-4-14)23(32)30-21-18(11-17(26)12-19(21)34-2)24(33)29-20-8-7-16(25)13-28-20/h3-8,11-13H,9-10H2,1-2H3,(H,30,32)(H,28,29,33). The Hall–Kier alpha value is -3.43. The first-order chi connectivity index (χ1) is 16.4. The molecule has 8 nitrogen and oxygen atoms in total. The SMILES string of the molecule is COc1cc(Cl)cc(C(=O)Nc2ccc(Br)cn2)c1NC(=O)c1ccc(C2=NCCN2C)cc1. The second kappa shape index (κ2) is 10.2. The molecule has 4 rings (SSSR count). The van der Waals surface area contributed by atoms with Gasteiger partial charge in [-0.2, -0.15) is 0 Å². The smallest absolute Gasteiger partial charge is 0.259 e. The van der Waals surface area contributed by atoms with E-state index in [2.05, 4.69) is 41.4 Å². The summed E-state index contributed by atoms with van der Waals surface area (Å²) in [6.07, 6.45) is 1.56. The number of anilines is 2. The van der Waals surface area contributed by atoms with Gasteiger partial charge in [-0.3, -0.25) is 14.6 Å². The summed E-state index contributed by atoms with van der Waals surface area (Å²) in [5.74, 6) is 0.605. The van der Waals surface area contributed by atoms with Gasteiger partial charge in [-0.15, -0.1) is 0 Å². The van der Waals surface area contributed by atoms with Gasteiger partial charge in [-0.1, -0.05) is 23.7 Å². The monoisotopic (exact) mass is 541 g/mol. The van der Waals surface area contributed by atoms with Crippen molar-refractivity contribution in [3.05, 3.63) is 80.9 Å². The average molecular weight is 543 g/mol. The highest BCUT2D eigenvalue weighted by molar-refractivity contribution is 9.10. The van der Waals surface area contributed by atoms with Crippen LogP contribution in [0.2, 0.25) is 5.02 Å². The number of carbonyl (C=O) groups is 2. The van der Waals surface area contributed by atoms with Gasteiger partial charge >= 0.3 is 0 Å². The number of nitrogens with one attached hydrogen (secondary N) is 2. The number of hydrogen-bond donors (Lipinski definition) is 2. The molecule has 3 aromatic rings. The molecule has 0 fully saturated rings. The van der Waals surface area contributed by atoms with Crippen LogP contribution in [0.4, 0.5) is 11.5 Å². The fraction of sp³-hybridized carbons (Fsp3) is 0.167. The first-order valence-corrected chi connectivity index (χ1v) is 11.5. The van der Waals surface area contributed by atoms with E-state index in [1.807, 2.05) is 19.2 Å². The molecule has 0 spiro atoms. The Labute approximate surface area is 210 Å². The summed E-state index contributed by atoms with van der Waals surface area (Å²) in [4.78, 5) is 36.8. The number of amidine groups is 1. The zero-order valence-electron chi connectivity index (χ0n) is 18.4. The van der Waals surface area contributed by atoms with Crippen LogP contribution >= 0.6 is 27.5 Å². The zero-order chi connectivity index (χ0) is 24.2. The summed E-state index contributed by atoms with van der Waals surface area (Å²) in [5, 5.41) is 5.79. The van der Waals surface area contributed by atoms with Crippen molar-refractivity contribution in [2.75, 3.05) is 37.9 Å². The largest absolute Gasteiger partial charge is 0.494 e. The molecular weight excluding hydrogens is 522 g/mol. The molecule has 0 saturated carbocycles. The maximum atomic E-state index is 13.0. The second-order valence-corrected chi connectivity index (χ2v) is 8.86. The van der Waals surface area contributed by atoms with Gasteiger partial charge in [0.25, 0.3) is 11.8 Å². The van der Waals surface area contributed by atoms with Crippen molar-refractivity contribution < 1.29 is 14.3 Å². The first kappa shape index (κ1) is 23.7. The molecule has 0 saturated heterocycles. The number of rotatable bonds is 6. The lowest BCUT2D eigenvalue weighted by atomic mass is 10.1. The minimum absolute atomic E-state index is 0.140. The number of pyridine rings is 1. The molecule has 174 valence electrons. The Morgan fingerprint density at radius 3 is 2.47 bits per heavy atom. The minimum Gasteiger partial charge on any atom is -0.494 e. The van der Waals surface area contributed by atoms with Gasteiger partial charge < -0.3 is 20.3 Å². The lowest BCUT2D eigenvalue weighted by molar-refractivity contribution is 0.102. The summed E-state index contributed by atoms with van der Waals surface area (Å²) in [5.41, 5.74) is 1.70. The van der Waals surface area contributed by atoms with Crippen LogP contribution in [0.15, 0.2) is 64.2 Å². The van der Waals surface area contributed by atoms with E-state index in [1.54, 1.807) is 30.5 Å². The molecule has 2 aromatic carbocycles. The van der Waals surface area contributed by atoms with E-state index in [0.29, 0.717) is 11.4 Å². The number of amides is 2. The predicted molar refractivity (Wildman–Crippen MR) is 136 cm³/mol. The first-order valence-electron chi connectivity index (χ1n) is 10.3. The van der Waals surface area contributed by atoms with E-state index in [-0.39, 0.29) is 22.0 Å². The Balaban J connectivity index is 1.59. The van der Waals surface area contributed by atoms with Gasteiger partial charge in [-0.25, -0.2) is 4.98 Å². The number of ether oxygens (including phenoxy) is 1. The van der Waals surface area contributed by atoms with Gasteiger partial charge in [0, 0.05) is 46.5 Å². The van der Waals surface area contributed by atoms with E-state index in [1.165, 1.54) is 19.2 Å². The number of carbonyl (C=O) groups excluding carboxylic acids is 2. The highest BCUT2D eigenvalue weighted by atomic mass is 79.9. The average Bonchev–Trinajstić information content (AvgIpc) is 3.27. The summed E-state index contributed by atoms with van der Waals surface area (Å²) in [6.45, 7) is 1.62. The second-order valence-electron chi connectivity index (χ2n) is 7.50. The quantitative estimate of drug-likeness (QED) is 0.471. The predicted octanol–water partition coefficient (Wildman–Crippen LogP) is 4.70. The number of benzene rings is 2. The fourth-order valence-electron chi connectivity index (χ4n) is 3.48. The number of aliphatic imine (C=N–C) groups is 1. The number of halogens is 2. The number of likely N-dealkylation sites (N-methyl/N-ethyl adjacent to an activating group) is 1. The van der Waals surface area contributed by atoms with Gasteiger partial charge in [-0.05, 0) is 46.3 Å². The van der Waals surface area contributed by atoms with Crippen molar-refractivity contribution in [1.82, 2.24) is 9.88 Å². The molecule has 1 aliphatic rings. The maximum Gasteiger partial charge on any atom is 0.259 e. The summed E-state index contributed by atoms with van der Waals surface area (Å²) in [6, 6.07) is 13.5. The van der Waals surface area contributed by atoms with Crippen molar-refractivity contribution >= 4 is 56.7 Å². The van der Waals surface area contributed by atoms with E-state index >= 15 is 0 Å². The van der Waals surface area contributed by atoms with Crippen LogP contribution in [0.25, 0.3) is 0 Å². The normalized spacial score (nSPS) is 12.8. The number of methoxy groups -OCH3 is 1. The molecule has 1 aromatic heterocycles. The third kappa shape index (κ3) is 5.21. The molecule has 0 radical (unpaired) electrons. The third-order valence-electron chi connectivity index (χ3n) is 5.20. The van der Waals surface area contributed by atoms with Crippen LogP contribution in [-0.2, 0) is 0 Å². The Morgan fingerprint density at radius 1 is 1.09 bits per heavy atom. The molecule has 2 heterocycles. The number of aromatic nitrogens is 1. The van der Waals surface area contributed by atoms with Gasteiger partial charge in [0.15, 0.2) is 0 Å². The van der Waals surface area contributed by atoms with Crippen LogP contribution < -0.4 is 15.4 Å². The van der Waals surface area contributed by atoms with Crippen molar-refractivity contribution in [2.24, 2.45) is 4.99 Å². The molecule has 34 heavy (non-hydrogen) atoms. The summed E-state index contributed by atoms with van der Waals surface area (Å²) >= 11 is 9.51. The van der Waals surface area contributed by atoms with Crippen molar-refractivity contribution in [1.29, 1.82) is 0 Å². The van der Waals surface area contributed by atoms with Crippen LogP contribution in [-0.4, -0.2) is 54.8 Å². The lowest BCUT2D eigenvalue weighted by Crippen LogP contribution is -2.23. The summed E-state index contributed by atoms with van der Waals surface area (Å²) < 4.78 is 6.17. The van der Waals surface area contributed by atoms with Crippen molar-refractivity contribution in [2.45, 2.75) is 0 Å². The van der Waals surface area contributed by atoms with Crippen LogP contribution in [0.5, 0.6) is 5.75 Å². The van der Waals surface area contributed by atoms with Gasteiger partial charge in [0.05, 0.1) is 24.9 Å². The van der Waals surface area contributed by atoms with Gasteiger partial charge in [0.1, 0.15) is 17.4 Å². The van der Waals surface area contributed by atoms with Crippen LogP contribution in [0.3, 0.4) is 0 Å². The van der Waals surface area contributed by atoms with Crippen molar-refractivity contribution in [3.63, 3.8) is 0 Å². The fourth-order valence-corrected chi connectivity index (χ4v) is 3.93. The molecular formula is C24H21BrClN5O3. The number of hydrogen-bond acceptors (Lipinski definition) is 6. The molecule has 1 aliphatic heterocycles. The van der Waals surface area contributed by atoms with Crippen molar-refractivity contribution in [3.8, 4) is 5.75 Å². The van der Waals surface area contributed by atoms with E-state index in [9.17, 15) is 9.59 Å². The minimum atomic E-state index is -0.497. The van der Waals surface area contributed by atoms with Crippen LogP contribution in [0, 0.1) is 0 Å². The van der Waals surface area contributed by atoms with Crippen LogP contribution in [0.1, 0.15) is 26.3 Å². The topological polar surface area (TPSA) is 95.9 Å². The molecule has 2 amide bonds. The molecule has 0 unspecified atom stereocenters. The molecule has 0 atom stereocenters. The third-order valence-corrected chi connectivity index (χ3v) is 5.89. The number of nitrogens with zero attached hydrogens (tertiary/aromatic N) is 3. The Bertz CT molecular complexity index is 1260. The maximum absolute atomic E-state index is 13.0. The lowest BCUT2D eigenvalue weighted by Gasteiger charge is -2.16. The summed E-state index contributed by atoms with van der Waals surface area (Å²) in [7, 11) is 3.42. The zero-order valence-corrected chi connectivity index (χ0v) is 20.8. The van der Waals surface area contributed by atoms with Gasteiger partial charge in [0.2, 0.25) is 0 Å². The Kier molecular flexibility index (Phi) is 7.14. The molecule has 2 N–H and O–H groups in total. The van der Waals surface area contributed by atoms with E-state index < -0.39 is 11.8 Å². The molecule has 0 bridgehead atoms. The van der Waals surface area contributed by atoms with E-state index in [0.717, 1.165) is 29.0 Å². The Morgan fingerprint density at radius 2 is 1.85 bits per heavy atom. The highest BCUT2D eigenvalue weighted by Gasteiger charge is 2.21. The molecule has 10 heteroatoms. The molecule has 0 aliphatic carbocycles. The highest BCUT2D eigenvalue weighted by Crippen LogP contribution is 2.33.